The van der Waals surface area contributed by atoms with E-state index in [-0.39, 0.29) is 0 Å². The third kappa shape index (κ3) is 2.12. The molecule has 3 aromatic rings. The Labute approximate surface area is 109 Å². The standard InChI is InChI=1S/C14H12N2OS/c17-13(7-14-16-5-6-18-14)12-9-15-8-10-3-1-2-4-11(10)12/h1-6,8-9,13,17H,7H2. The minimum atomic E-state index is -0.560. The maximum atomic E-state index is 10.3. The van der Waals surface area contributed by atoms with Gasteiger partial charge in [-0.15, -0.1) is 11.3 Å². The highest BCUT2D eigenvalue weighted by Crippen LogP contribution is 2.25. The largest absolute Gasteiger partial charge is 0.388 e. The van der Waals surface area contributed by atoms with Gasteiger partial charge in [0.25, 0.3) is 0 Å². The summed E-state index contributed by atoms with van der Waals surface area (Å²) in [5.41, 5.74) is 0.864. The number of hydrogen-bond donors (Lipinski definition) is 1. The van der Waals surface area contributed by atoms with Crippen molar-refractivity contribution in [1.29, 1.82) is 0 Å². The summed E-state index contributed by atoms with van der Waals surface area (Å²) in [6, 6.07) is 7.96. The van der Waals surface area contributed by atoms with Crippen molar-refractivity contribution in [3.63, 3.8) is 0 Å². The third-order valence-corrected chi connectivity index (χ3v) is 3.71. The lowest BCUT2D eigenvalue weighted by atomic mass is 10.0. The van der Waals surface area contributed by atoms with Crippen LogP contribution >= 0.6 is 11.3 Å². The number of rotatable bonds is 3. The van der Waals surface area contributed by atoms with Crippen molar-refractivity contribution in [3.8, 4) is 0 Å². The van der Waals surface area contributed by atoms with E-state index in [0.29, 0.717) is 6.42 Å². The molecule has 1 atom stereocenters. The second kappa shape index (κ2) is 4.84. The summed E-state index contributed by atoms with van der Waals surface area (Å²) in [6.07, 6.45) is 5.28. The van der Waals surface area contributed by atoms with Gasteiger partial charge in [-0.2, -0.15) is 0 Å². The highest BCUT2D eigenvalue weighted by molar-refractivity contribution is 7.09. The zero-order chi connectivity index (χ0) is 12.4. The fourth-order valence-corrected chi connectivity index (χ4v) is 2.69. The first-order valence-electron chi connectivity index (χ1n) is 5.73. The first-order valence-corrected chi connectivity index (χ1v) is 6.61. The molecule has 1 N–H and O–H groups in total. The Balaban J connectivity index is 1.98. The molecule has 1 unspecified atom stereocenters. The van der Waals surface area contributed by atoms with E-state index >= 15 is 0 Å². The van der Waals surface area contributed by atoms with Crippen molar-refractivity contribution >= 4 is 22.1 Å². The Bertz CT molecular complexity index is 646. The first kappa shape index (κ1) is 11.3. The normalized spacial score (nSPS) is 12.7. The molecule has 0 radical (unpaired) electrons. The molecular weight excluding hydrogens is 244 g/mol. The van der Waals surface area contributed by atoms with Crippen LogP contribution in [0.3, 0.4) is 0 Å². The average Bonchev–Trinajstić information content (AvgIpc) is 2.91. The van der Waals surface area contributed by atoms with Crippen molar-refractivity contribution in [1.82, 2.24) is 9.97 Å². The van der Waals surface area contributed by atoms with Crippen molar-refractivity contribution in [2.24, 2.45) is 0 Å². The SMILES string of the molecule is OC(Cc1nccs1)c1cncc2ccccc12. The maximum Gasteiger partial charge on any atom is 0.0954 e. The van der Waals surface area contributed by atoms with Gasteiger partial charge in [-0.3, -0.25) is 4.98 Å². The van der Waals surface area contributed by atoms with E-state index in [9.17, 15) is 5.11 Å². The molecule has 0 bridgehead atoms. The highest BCUT2D eigenvalue weighted by atomic mass is 32.1. The van der Waals surface area contributed by atoms with Crippen LogP contribution in [0, 0.1) is 0 Å². The minimum absolute atomic E-state index is 0.535. The summed E-state index contributed by atoms with van der Waals surface area (Å²) in [4.78, 5) is 8.39. The van der Waals surface area contributed by atoms with Crippen LogP contribution < -0.4 is 0 Å². The molecule has 3 nitrogen and oxygen atoms in total. The summed E-state index contributed by atoms with van der Waals surface area (Å²) in [6.45, 7) is 0. The smallest absolute Gasteiger partial charge is 0.0954 e. The van der Waals surface area contributed by atoms with Crippen LogP contribution in [-0.2, 0) is 6.42 Å². The second-order valence-electron chi connectivity index (χ2n) is 4.10. The van der Waals surface area contributed by atoms with Gasteiger partial charge >= 0.3 is 0 Å². The summed E-state index contributed by atoms with van der Waals surface area (Å²) in [7, 11) is 0. The van der Waals surface area contributed by atoms with Crippen LogP contribution in [0.1, 0.15) is 16.7 Å². The molecule has 90 valence electrons. The molecule has 2 aromatic heterocycles. The molecule has 4 heteroatoms. The number of nitrogens with zero attached hydrogens (tertiary/aromatic N) is 2. The molecule has 0 aliphatic carbocycles. The number of fused-ring (bicyclic) bond motifs is 1. The molecule has 0 fully saturated rings. The van der Waals surface area contributed by atoms with Crippen LogP contribution in [0.25, 0.3) is 10.8 Å². The van der Waals surface area contributed by atoms with Gasteiger partial charge in [0.1, 0.15) is 0 Å². The Hall–Kier alpha value is -1.78. The Kier molecular flexibility index (Phi) is 3.04. The monoisotopic (exact) mass is 256 g/mol. The molecule has 0 spiro atoms. The van der Waals surface area contributed by atoms with Gasteiger partial charge in [-0.25, -0.2) is 4.98 Å². The van der Waals surface area contributed by atoms with Gasteiger partial charge in [0.15, 0.2) is 0 Å². The van der Waals surface area contributed by atoms with Crippen LogP contribution in [0.5, 0.6) is 0 Å². The van der Waals surface area contributed by atoms with Crippen molar-refractivity contribution < 1.29 is 5.11 Å². The summed E-state index contributed by atoms with van der Waals surface area (Å²) >= 11 is 1.56. The molecule has 18 heavy (non-hydrogen) atoms. The van der Waals surface area contributed by atoms with E-state index in [1.165, 1.54) is 0 Å². The summed E-state index contributed by atoms with van der Waals surface area (Å²) in [5, 5.41) is 15.3. The zero-order valence-electron chi connectivity index (χ0n) is 9.65. The van der Waals surface area contributed by atoms with Crippen molar-refractivity contribution in [2.45, 2.75) is 12.5 Å². The Morgan fingerprint density at radius 2 is 2.11 bits per heavy atom. The van der Waals surface area contributed by atoms with Gasteiger partial charge in [-0.1, -0.05) is 24.3 Å². The van der Waals surface area contributed by atoms with Gasteiger partial charge in [0.2, 0.25) is 0 Å². The summed E-state index contributed by atoms with van der Waals surface area (Å²) in [5.74, 6) is 0. The number of thiazole rings is 1. The number of hydrogen-bond acceptors (Lipinski definition) is 4. The van der Waals surface area contributed by atoms with Gasteiger partial charge < -0.3 is 5.11 Å². The lowest BCUT2D eigenvalue weighted by molar-refractivity contribution is 0.179. The molecule has 0 aliphatic heterocycles. The molecule has 0 saturated heterocycles. The molecular formula is C14H12N2OS. The van der Waals surface area contributed by atoms with Gasteiger partial charge in [-0.05, 0) is 5.39 Å². The molecule has 1 aromatic carbocycles. The predicted octanol–water partition coefficient (Wildman–Crippen LogP) is 2.97. The van der Waals surface area contributed by atoms with Crippen LogP contribution in [0.15, 0.2) is 48.2 Å². The molecule has 0 amide bonds. The number of aliphatic hydroxyl groups excluding tert-OH is 1. The van der Waals surface area contributed by atoms with Crippen LogP contribution in [0.2, 0.25) is 0 Å². The van der Waals surface area contributed by atoms with Crippen molar-refractivity contribution in [3.05, 3.63) is 58.8 Å². The van der Waals surface area contributed by atoms with E-state index in [4.69, 9.17) is 0 Å². The molecule has 2 heterocycles. The van der Waals surface area contributed by atoms with Crippen LogP contribution in [0.4, 0.5) is 0 Å². The third-order valence-electron chi connectivity index (χ3n) is 2.91. The predicted molar refractivity (Wildman–Crippen MR) is 72.5 cm³/mol. The first-order chi connectivity index (χ1) is 8.84. The van der Waals surface area contributed by atoms with E-state index in [2.05, 4.69) is 9.97 Å². The molecule has 0 aliphatic rings. The fourth-order valence-electron chi connectivity index (χ4n) is 2.03. The quantitative estimate of drug-likeness (QED) is 0.783. The van der Waals surface area contributed by atoms with E-state index in [1.807, 2.05) is 35.8 Å². The zero-order valence-corrected chi connectivity index (χ0v) is 10.5. The number of aromatic nitrogens is 2. The number of aliphatic hydroxyl groups is 1. The minimum Gasteiger partial charge on any atom is -0.388 e. The average molecular weight is 256 g/mol. The van der Waals surface area contributed by atoms with E-state index in [0.717, 1.165) is 21.3 Å². The lowest BCUT2D eigenvalue weighted by Crippen LogP contribution is -2.03. The van der Waals surface area contributed by atoms with E-state index < -0.39 is 6.10 Å². The highest BCUT2D eigenvalue weighted by Gasteiger charge is 2.13. The lowest BCUT2D eigenvalue weighted by Gasteiger charge is -2.11. The second-order valence-corrected chi connectivity index (χ2v) is 5.07. The Morgan fingerprint density at radius 3 is 2.94 bits per heavy atom. The fraction of sp³-hybridized carbons (Fsp3) is 0.143. The molecule has 0 saturated carbocycles. The van der Waals surface area contributed by atoms with Crippen LogP contribution in [-0.4, -0.2) is 15.1 Å². The number of pyridine rings is 1. The van der Waals surface area contributed by atoms with Gasteiger partial charge in [0, 0.05) is 41.3 Å². The molecule has 3 rings (SSSR count). The maximum absolute atomic E-state index is 10.3. The van der Waals surface area contributed by atoms with E-state index in [1.54, 1.807) is 23.7 Å². The van der Waals surface area contributed by atoms with Gasteiger partial charge in [0.05, 0.1) is 11.1 Å². The Morgan fingerprint density at radius 1 is 1.22 bits per heavy atom. The number of benzene rings is 1. The van der Waals surface area contributed by atoms with Crippen molar-refractivity contribution in [2.75, 3.05) is 0 Å². The summed E-state index contributed by atoms with van der Waals surface area (Å²) < 4.78 is 0. The topological polar surface area (TPSA) is 46.0 Å².